The molecule has 0 spiro atoms. The third-order valence-electron chi connectivity index (χ3n) is 2.42. The Morgan fingerprint density at radius 2 is 1.76 bits per heavy atom. The van der Waals surface area contributed by atoms with Crippen molar-refractivity contribution < 1.29 is 14.7 Å². The fourth-order valence-electron chi connectivity index (χ4n) is 1.40. The van der Waals surface area contributed by atoms with E-state index in [0.29, 0.717) is 6.54 Å². The highest BCUT2D eigenvalue weighted by atomic mass is 16.4. The van der Waals surface area contributed by atoms with Crippen LogP contribution >= 0.6 is 0 Å². The second-order valence-corrected chi connectivity index (χ2v) is 5.85. The molecule has 3 N–H and O–H groups in total. The zero-order chi connectivity index (χ0) is 13.8. The van der Waals surface area contributed by atoms with Crippen LogP contribution in [0.15, 0.2) is 0 Å². The molecule has 0 aliphatic heterocycles. The van der Waals surface area contributed by atoms with Crippen LogP contribution in [0.3, 0.4) is 0 Å². The van der Waals surface area contributed by atoms with E-state index in [1.807, 2.05) is 34.6 Å². The predicted octanol–water partition coefficient (Wildman–Crippen LogP) is 0.929. The third kappa shape index (κ3) is 5.68. The zero-order valence-electron chi connectivity index (χ0n) is 11.4. The molecule has 0 bridgehead atoms. The molecule has 0 aromatic rings. The molecule has 0 fully saturated rings. The lowest BCUT2D eigenvalue weighted by Crippen LogP contribution is -2.52. The second kappa shape index (κ2) is 6.00. The predicted molar refractivity (Wildman–Crippen MR) is 66.5 cm³/mol. The van der Waals surface area contributed by atoms with Crippen molar-refractivity contribution in [3.8, 4) is 0 Å². The number of nitrogens with zero attached hydrogens (tertiary/aromatic N) is 1. The van der Waals surface area contributed by atoms with Crippen LogP contribution in [0.1, 0.15) is 34.6 Å². The van der Waals surface area contributed by atoms with Gasteiger partial charge in [-0.1, -0.05) is 34.6 Å². The molecule has 17 heavy (non-hydrogen) atoms. The Kier molecular flexibility index (Phi) is 5.61. The Balaban J connectivity index is 4.80. The number of rotatable bonds is 5. The number of carbonyl (C=O) groups is 2. The highest BCUT2D eigenvalue weighted by Crippen LogP contribution is 2.19. The van der Waals surface area contributed by atoms with E-state index in [-0.39, 0.29) is 23.8 Å². The maximum Gasteiger partial charge on any atom is 0.323 e. The van der Waals surface area contributed by atoms with Crippen LogP contribution in [0.4, 0.5) is 0 Å². The van der Waals surface area contributed by atoms with Gasteiger partial charge < -0.3 is 15.7 Å². The van der Waals surface area contributed by atoms with Crippen molar-refractivity contribution in [2.75, 3.05) is 13.1 Å². The van der Waals surface area contributed by atoms with Crippen LogP contribution in [0.25, 0.3) is 0 Å². The molecule has 0 saturated carbocycles. The summed E-state index contributed by atoms with van der Waals surface area (Å²) < 4.78 is 0. The molecular weight excluding hydrogens is 220 g/mol. The smallest absolute Gasteiger partial charge is 0.323 e. The number of nitrogens with two attached hydrogens (primary N) is 1. The Labute approximate surface area is 103 Å². The SMILES string of the molecule is CC(C)CN(CC(=O)O)C(=O)[C@@H](N)C(C)(C)C. The highest BCUT2D eigenvalue weighted by molar-refractivity contribution is 5.85. The van der Waals surface area contributed by atoms with Crippen molar-refractivity contribution in [3.63, 3.8) is 0 Å². The van der Waals surface area contributed by atoms with Gasteiger partial charge >= 0.3 is 5.97 Å². The molecule has 0 rings (SSSR count). The maximum absolute atomic E-state index is 12.1. The van der Waals surface area contributed by atoms with Gasteiger partial charge in [-0.15, -0.1) is 0 Å². The first kappa shape index (κ1) is 15.9. The molecule has 0 saturated heterocycles. The largest absolute Gasteiger partial charge is 0.480 e. The summed E-state index contributed by atoms with van der Waals surface area (Å²) >= 11 is 0. The van der Waals surface area contributed by atoms with E-state index in [0.717, 1.165) is 0 Å². The fraction of sp³-hybridized carbons (Fsp3) is 0.833. The molecule has 0 aliphatic rings. The Morgan fingerprint density at radius 1 is 1.29 bits per heavy atom. The molecule has 100 valence electrons. The fourth-order valence-corrected chi connectivity index (χ4v) is 1.40. The summed E-state index contributed by atoms with van der Waals surface area (Å²) in [6.07, 6.45) is 0. The lowest BCUT2D eigenvalue weighted by Gasteiger charge is -2.32. The minimum Gasteiger partial charge on any atom is -0.480 e. The number of amides is 1. The van der Waals surface area contributed by atoms with Crippen molar-refractivity contribution in [3.05, 3.63) is 0 Å². The van der Waals surface area contributed by atoms with Gasteiger partial charge in [0.1, 0.15) is 6.54 Å². The summed E-state index contributed by atoms with van der Waals surface area (Å²) in [5.74, 6) is -1.10. The lowest BCUT2D eigenvalue weighted by molar-refractivity contribution is -0.146. The van der Waals surface area contributed by atoms with Crippen LogP contribution in [0, 0.1) is 11.3 Å². The van der Waals surface area contributed by atoms with Gasteiger partial charge in [0.25, 0.3) is 0 Å². The van der Waals surface area contributed by atoms with E-state index >= 15 is 0 Å². The summed E-state index contributed by atoms with van der Waals surface area (Å²) in [4.78, 5) is 24.2. The molecule has 0 aromatic carbocycles. The normalized spacial score (nSPS) is 13.6. The Bertz CT molecular complexity index is 282. The first-order valence-electron chi connectivity index (χ1n) is 5.82. The minimum atomic E-state index is -1.01. The Hall–Kier alpha value is -1.10. The van der Waals surface area contributed by atoms with E-state index in [2.05, 4.69) is 0 Å². The molecule has 0 aromatic heterocycles. The molecule has 5 nitrogen and oxygen atoms in total. The van der Waals surface area contributed by atoms with Gasteiger partial charge in [0, 0.05) is 6.54 Å². The van der Waals surface area contributed by atoms with Crippen LogP contribution in [-0.2, 0) is 9.59 Å². The van der Waals surface area contributed by atoms with Gasteiger partial charge in [-0.05, 0) is 11.3 Å². The van der Waals surface area contributed by atoms with Crippen LogP contribution in [-0.4, -0.2) is 41.0 Å². The van der Waals surface area contributed by atoms with E-state index in [1.165, 1.54) is 4.90 Å². The molecule has 0 aliphatic carbocycles. The second-order valence-electron chi connectivity index (χ2n) is 5.85. The standard InChI is InChI=1S/C12H24N2O3/c1-8(2)6-14(7-9(15)16)11(17)10(13)12(3,4)5/h8,10H,6-7,13H2,1-5H3,(H,15,16)/t10-/m1/s1. The molecule has 0 unspecified atom stereocenters. The average Bonchev–Trinajstić information content (AvgIpc) is 2.11. The summed E-state index contributed by atoms with van der Waals surface area (Å²) in [7, 11) is 0. The number of aliphatic carboxylic acids is 1. The average molecular weight is 244 g/mol. The number of carboxylic acids is 1. The number of carbonyl (C=O) groups excluding carboxylic acids is 1. The van der Waals surface area contributed by atoms with Gasteiger partial charge in [-0.25, -0.2) is 0 Å². The van der Waals surface area contributed by atoms with Crippen LogP contribution in [0.5, 0.6) is 0 Å². The van der Waals surface area contributed by atoms with Gasteiger partial charge in [0.15, 0.2) is 0 Å². The quantitative estimate of drug-likeness (QED) is 0.753. The molecule has 1 amide bonds. The third-order valence-corrected chi connectivity index (χ3v) is 2.42. The van der Waals surface area contributed by atoms with E-state index < -0.39 is 12.0 Å². The number of hydrogen-bond donors (Lipinski definition) is 2. The van der Waals surface area contributed by atoms with E-state index in [4.69, 9.17) is 10.8 Å². The summed E-state index contributed by atoms with van der Waals surface area (Å²) in [6.45, 7) is 9.59. The van der Waals surface area contributed by atoms with Crippen molar-refractivity contribution in [2.24, 2.45) is 17.1 Å². The Morgan fingerprint density at radius 3 is 2.06 bits per heavy atom. The molecule has 5 heteroatoms. The van der Waals surface area contributed by atoms with Crippen LogP contribution < -0.4 is 5.73 Å². The molecule has 0 radical (unpaired) electrons. The van der Waals surface area contributed by atoms with E-state index in [1.54, 1.807) is 0 Å². The molecular formula is C12H24N2O3. The summed E-state index contributed by atoms with van der Waals surface area (Å²) in [5, 5.41) is 8.80. The molecule has 1 atom stereocenters. The minimum absolute atomic E-state index is 0.213. The van der Waals surface area contributed by atoms with Gasteiger partial charge in [0.05, 0.1) is 6.04 Å². The van der Waals surface area contributed by atoms with Gasteiger partial charge in [0.2, 0.25) is 5.91 Å². The van der Waals surface area contributed by atoms with Crippen molar-refractivity contribution in [1.82, 2.24) is 4.90 Å². The monoisotopic (exact) mass is 244 g/mol. The maximum atomic E-state index is 12.1. The first-order valence-corrected chi connectivity index (χ1v) is 5.82. The zero-order valence-corrected chi connectivity index (χ0v) is 11.4. The van der Waals surface area contributed by atoms with Gasteiger partial charge in [-0.2, -0.15) is 0 Å². The van der Waals surface area contributed by atoms with Crippen molar-refractivity contribution in [2.45, 2.75) is 40.7 Å². The van der Waals surface area contributed by atoms with Gasteiger partial charge in [-0.3, -0.25) is 9.59 Å². The molecule has 0 heterocycles. The summed E-state index contributed by atoms with van der Waals surface area (Å²) in [5.41, 5.74) is 5.49. The summed E-state index contributed by atoms with van der Waals surface area (Å²) in [6, 6.07) is -0.680. The van der Waals surface area contributed by atoms with Crippen molar-refractivity contribution in [1.29, 1.82) is 0 Å². The lowest BCUT2D eigenvalue weighted by atomic mass is 9.86. The van der Waals surface area contributed by atoms with Crippen LogP contribution in [0.2, 0.25) is 0 Å². The highest BCUT2D eigenvalue weighted by Gasteiger charge is 2.32. The topological polar surface area (TPSA) is 83.6 Å². The first-order chi connectivity index (χ1) is 7.55. The number of hydrogen-bond acceptors (Lipinski definition) is 3. The number of carboxylic acid groups (broad SMARTS) is 1. The van der Waals surface area contributed by atoms with E-state index in [9.17, 15) is 9.59 Å². The van der Waals surface area contributed by atoms with Crippen molar-refractivity contribution >= 4 is 11.9 Å².